The first-order valence-corrected chi connectivity index (χ1v) is 9.00. The molecule has 1 aromatic rings. The van der Waals surface area contributed by atoms with E-state index in [1.165, 1.54) is 0 Å². The van der Waals surface area contributed by atoms with Crippen LogP contribution in [0.5, 0.6) is 0 Å². The van der Waals surface area contributed by atoms with Crippen molar-refractivity contribution in [1.29, 1.82) is 0 Å². The minimum Gasteiger partial charge on any atom is -0.384 e. The van der Waals surface area contributed by atoms with Gasteiger partial charge in [-0.2, -0.15) is 0 Å². The van der Waals surface area contributed by atoms with Crippen LogP contribution in [0.15, 0.2) is 6.33 Å². The van der Waals surface area contributed by atoms with Gasteiger partial charge < -0.3 is 14.2 Å². The topological polar surface area (TPSA) is 63.5 Å². The summed E-state index contributed by atoms with van der Waals surface area (Å²) in [6, 6.07) is 0. The van der Waals surface area contributed by atoms with Crippen molar-refractivity contribution in [3.8, 4) is 0 Å². The molecule has 0 unspecified atom stereocenters. The average Bonchev–Trinajstić information content (AvgIpc) is 2.81. The number of carbonyl (C=O) groups excluding carboxylic acids is 1. The van der Waals surface area contributed by atoms with Gasteiger partial charge in [-0.05, 0) is 32.7 Å². The molecule has 0 N–H and O–H groups in total. The van der Waals surface area contributed by atoms with Gasteiger partial charge in [0.25, 0.3) is 0 Å². The van der Waals surface area contributed by atoms with E-state index in [4.69, 9.17) is 4.74 Å². The van der Waals surface area contributed by atoms with Crippen LogP contribution in [0.4, 0.5) is 0 Å². The second kappa shape index (κ2) is 7.61. The van der Waals surface area contributed by atoms with E-state index in [9.17, 15) is 4.79 Å². The van der Waals surface area contributed by atoms with Crippen LogP contribution < -0.4 is 0 Å². The highest BCUT2D eigenvalue weighted by atomic mass is 16.5. The molecule has 2 aliphatic rings. The van der Waals surface area contributed by atoms with Gasteiger partial charge in [-0.1, -0.05) is 6.42 Å². The molecule has 24 heavy (non-hydrogen) atoms. The lowest BCUT2D eigenvalue weighted by atomic mass is 9.68. The summed E-state index contributed by atoms with van der Waals surface area (Å²) in [5, 5.41) is 7.95. The number of hydrogen-bond donors (Lipinski definition) is 0. The zero-order valence-electron chi connectivity index (χ0n) is 14.9. The molecule has 7 nitrogen and oxygen atoms in total. The minimum absolute atomic E-state index is 0.233. The molecule has 0 spiro atoms. The molecule has 1 aliphatic carbocycles. The van der Waals surface area contributed by atoms with Gasteiger partial charge in [-0.3, -0.25) is 9.69 Å². The van der Waals surface area contributed by atoms with Crippen LogP contribution in [0.25, 0.3) is 0 Å². The number of aryl methyl sites for hydroxylation is 1. The molecule has 7 heteroatoms. The number of amides is 1. The molecule has 3 rings (SSSR count). The van der Waals surface area contributed by atoms with Crippen LogP contribution in [-0.4, -0.2) is 76.9 Å². The molecule has 0 radical (unpaired) electrons. The molecule has 2 heterocycles. The third-order valence-corrected chi connectivity index (χ3v) is 5.53. The van der Waals surface area contributed by atoms with Gasteiger partial charge in [0, 0.05) is 39.8 Å². The minimum atomic E-state index is -0.233. The van der Waals surface area contributed by atoms with E-state index in [1.54, 1.807) is 13.4 Å². The lowest BCUT2D eigenvalue weighted by Crippen LogP contribution is -2.51. The van der Waals surface area contributed by atoms with Crippen LogP contribution in [-0.2, 0) is 16.1 Å². The predicted octanol–water partition coefficient (Wildman–Crippen LogP) is 0.938. The van der Waals surface area contributed by atoms with Crippen molar-refractivity contribution in [2.75, 3.05) is 46.4 Å². The van der Waals surface area contributed by atoms with E-state index in [-0.39, 0.29) is 5.41 Å². The Morgan fingerprint density at radius 1 is 1.21 bits per heavy atom. The van der Waals surface area contributed by atoms with E-state index >= 15 is 0 Å². The molecule has 0 atom stereocenters. The Labute approximate surface area is 144 Å². The van der Waals surface area contributed by atoms with Crippen molar-refractivity contribution >= 4 is 5.91 Å². The second-order valence-corrected chi connectivity index (χ2v) is 7.13. The zero-order chi connectivity index (χ0) is 17.0. The molecule has 1 aromatic heterocycles. The Kier molecular flexibility index (Phi) is 5.50. The Hall–Kier alpha value is -1.47. The molecule has 1 saturated carbocycles. The number of aromatic nitrogens is 3. The van der Waals surface area contributed by atoms with Crippen molar-refractivity contribution in [3.05, 3.63) is 12.2 Å². The molecular formula is C17H29N5O2. The van der Waals surface area contributed by atoms with Crippen molar-refractivity contribution in [1.82, 2.24) is 24.6 Å². The number of hydrogen-bond acceptors (Lipinski definition) is 5. The number of rotatable bonds is 6. The first kappa shape index (κ1) is 17.4. The lowest BCUT2D eigenvalue weighted by molar-refractivity contribution is -0.152. The van der Waals surface area contributed by atoms with Crippen LogP contribution in [0.2, 0.25) is 0 Å². The SMILES string of the molecule is COCC1(C(=O)N2CCCN(CCn3cnnc3C)CC2)CCC1. The van der Waals surface area contributed by atoms with Gasteiger partial charge in [0.05, 0.1) is 12.0 Å². The number of nitrogens with zero attached hydrogens (tertiary/aromatic N) is 5. The summed E-state index contributed by atoms with van der Waals surface area (Å²) in [5.41, 5.74) is -0.233. The Morgan fingerprint density at radius 3 is 2.67 bits per heavy atom. The van der Waals surface area contributed by atoms with Gasteiger partial charge in [0.1, 0.15) is 12.2 Å². The largest absolute Gasteiger partial charge is 0.384 e. The van der Waals surface area contributed by atoms with Crippen molar-refractivity contribution in [3.63, 3.8) is 0 Å². The summed E-state index contributed by atoms with van der Waals surface area (Å²) < 4.78 is 7.41. The third kappa shape index (κ3) is 3.62. The van der Waals surface area contributed by atoms with Crippen molar-refractivity contribution < 1.29 is 9.53 Å². The highest BCUT2D eigenvalue weighted by molar-refractivity contribution is 5.83. The summed E-state index contributed by atoms with van der Waals surface area (Å²) in [6.07, 6.45) is 5.93. The number of methoxy groups -OCH3 is 1. The Balaban J connectivity index is 1.51. The monoisotopic (exact) mass is 335 g/mol. The molecular weight excluding hydrogens is 306 g/mol. The van der Waals surface area contributed by atoms with Crippen LogP contribution in [0.1, 0.15) is 31.5 Å². The molecule has 134 valence electrons. The first-order valence-electron chi connectivity index (χ1n) is 9.00. The summed E-state index contributed by atoms with van der Waals surface area (Å²) in [6.45, 7) is 8.10. The standard InChI is InChI=1S/C17H29N5O2/c1-15-19-18-14-22(15)12-10-20-7-4-8-21(11-9-20)16(23)17(13-24-2)5-3-6-17/h14H,3-13H2,1-2H3. The molecule has 0 bridgehead atoms. The molecule has 1 aliphatic heterocycles. The fourth-order valence-electron chi connectivity index (χ4n) is 3.81. The van der Waals surface area contributed by atoms with Gasteiger partial charge >= 0.3 is 0 Å². The highest BCUT2D eigenvalue weighted by Gasteiger charge is 2.46. The fraction of sp³-hybridized carbons (Fsp3) is 0.824. The molecule has 1 saturated heterocycles. The molecule has 2 fully saturated rings. The highest BCUT2D eigenvalue weighted by Crippen LogP contribution is 2.42. The maximum Gasteiger partial charge on any atom is 0.231 e. The smallest absolute Gasteiger partial charge is 0.231 e. The second-order valence-electron chi connectivity index (χ2n) is 7.13. The van der Waals surface area contributed by atoms with E-state index in [0.29, 0.717) is 12.5 Å². The van der Waals surface area contributed by atoms with Gasteiger partial charge in [0.2, 0.25) is 5.91 Å². The van der Waals surface area contributed by atoms with Gasteiger partial charge in [-0.15, -0.1) is 10.2 Å². The summed E-state index contributed by atoms with van der Waals surface area (Å²) in [4.78, 5) is 17.5. The van der Waals surface area contributed by atoms with E-state index in [1.807, 2.05) is 6.92 Å². The average molecular weight is 335 g/mol. The predicted molar refractivity (Wildman–Crippen MR) is 90.6 cm³/mol. The quantitative estimate of drug-likeness (QED) is 0.774. The first-order chi connectivity index (χ1) is 11.6. The van der Waals surface area contributed by atoms with Gasteiger partial charge in [0.15, 0.2) is 0 Å². The van der Waals surface area contributed by atoms with Crippen LogP contribution >= 0.6 is 0 Å². The van der Waals surface area contributed by atoms with E-state index in [0.717, 1.165) is 70.8 Å². The molecule has 1 amide bonds. The summed E-state index contributed by atoms with van der Waals surface area (Å²) in [7, 11) is 1.70. The van der Waals surface area contributed by atoms with E-state index < -0.39 is 0 Å². The summed E-state index contributed by atoms with van der Waals surface area (Å²) >= 11 is 0. The Bertz CT molecular complexity index is 555. The third-order valence-electron chi connectivity index (χ3n) is 5.53. The van der Waals surface area contributed by atoms with Crippen LogP contribution in [0, 0.1) is 12.3 Å². The number of carbonyl (C=O) groups is 1. The zero-order valence-corrected chi connectivity index (χ0v) is 14.9. The number of ether oxygens (including phenoxy) is 1. The van der Waals surface area contributed by atoms with E-state index in [2.05, 4.69) is 24.6 Å². The van der Waals surface area contributed by atoms with Crippen LogP contribution in [0.3, 0.4) is 0 Å². The maximum absolute atomic E-state index is 12.9. The molecule has 0 aromatic carbocycles. The normalized spacial score (nSPS) is 21.3. The summed E-state index contributed by atoms with van der Waals surface area (Å²) in [5.74, 6) is 1.26. The van der Waals surface area contributed by atoms with Crippen molar-refractivity contribution in [2.45, 2.75) is 39.2 Å². The lowest BCUT2D eigenvalue weighted by Gasteiger charge is -2.42. The Morgan fingerprint density at radius 2 is 2.04 bits per heavy atom. The van der Waals surface area contributed by atoms with Crippen molar-refractivity contribution in [2.24, 2.45) is 5.41 Å². The van der Waals surface area contributed by atoms with Gasteiger partial charge in [-0.25, -0.2) is 0 Å². The fourth-order valence-corrected chi connectivity index (χ4v) is 3.81. The maximum atomic E-state index is 12.9.